The van der Waals surface area contributed by atoms with Crippen LogP contribution in [0.1, 0.15) is 69.5 Å². The maximum atomic E-state index is 14.3. The molecule has 4 N–H and O–H groups in total. The molecule has 3 rings (SSSR count). The fourth-order valence-corrected chi connectivity index (χ4v) is 3.96. The molecule has 2 heterocycles. The smallest absolute Gasteiger partial charge is 0.410 e. The maximum Gasteiger partial charge on any atom is 0.410 e. The molecule has 0 saturated carbocycles. The lowest BCUT2D eigenvalue weighted by Gasteiger charge is -2.27. The highest BCUT2D eigenvalue weighted by Crippen LogP contribution is 2.31. The molecular weight excluding hydrogens is 509 g/mol. The Balaban J connectivity index is 1.86. The third-order valence-corrected chi connectivity index (χ3v) is 6.06. The molecule has 8 nitrogen and oxygen atoms in total. The zero-order chi connectivity index (χ0) is 29.3. The number of rotatable bonds is 11. The lowest BCUT2D eigenvalue weighted by atomic mass is 10.0. The third kappa shape index (κ3) is 8.77. The molecule has 1 amide bonds. The fourth-order valence-electron chi connectivity index (χ4n) is 3.96. The van der Waals surface area contributed by atoms with Crippen LogP contribution in [0, 0.1) is 12.7 Å². The Hall–Kier alpha value is -3.98. The molecule has 0 saturated heterocycles. The Bertz CT molecular complexity index is 1320. The van der Waals surface area contributed by atoms with Crippen molar-refractivity contribution in [3.8, 4) is 11.5 Å². The Morgan fingerprint density at radius 1 is 1.12 bits per heavy atom. The summed E-state index contributed by atoms with van der Waals surface area (Å²) in [5.74, 6) is 0.0695. The molecule has 0 aliphatic carbocycles. The van der Waals surface area contributed by atoms with Gasteiger partial charge in [0.25, 0.3) is 0 Å². The summed E-state index contributed by atoms with van der Waals surface area (Å²) in [6.07, 6.45) is 7.80. The molecule has 0 radical (unpaired) electrons. The van der Waals surface area contributed by atoms with E-state index < -0.39 is 17.5 Å². The second kappa shape index (κ2) is 13.9. The second-order valence-corrected chi connectivity index (χ2v) is 10.6. The van der Waals surface area contributed by atoms with Crippen LogP contribution in [0.25, 0.3) is 11.6 Å². The largest absolute Gasteiger partial charge is 0.454 e. The van der Waals surface area contributed by atoms with Gasteiger partial charge in [0.1, 0.15) is 11.4 Å². The van der Waals surface area contributed by atoms with E-state index in [0.717, 1.165) is 41.7 Å². The number of carbonyl (C=O) groups is 1. The van der Waals surface area contributed by atoms with E-state index in [9.17, 15) is 9.18 Å². The molecule has 0 spiro atoms. The van der Waals surface area contributed by atoms with E-state index in [2.05, 4.69) is 11.9 Å². The van der Waals surface area contributed by atoms with Gasteiger partial charge in [-0.25, -0.2) is 9.18 Å². The van der Waals surface area contributed by atoms with Crippen molar-refractivity contribution in [2.24, 2.45) is 5.73 Å². The lowest BCUT2D eigenvalue weighted by Crippen LogP contribution is -2.39. The molecule has 1 aromatic carbocycles. The number of pyridine rings is 2. The van der Waals surface area contributed by atoms with E-state index in [1.54, 1.807) is 29.4 Å². The van der Waals surface area contributed by atoms with Crippen molar-refractivity contribution >= 4 is 23.4 Å². The van der Waals surface area contributed by atoms with Gasteiger partial charge in [-0.3, -0.25) is 9.97 Å². The standard InChI is InChI=1S/C31H40FN5O3/c1-6-7-8-23(17-27-21(2)28(13-15-35-27)39-29-12-10-24(34)18-25(29)32)26-11-9-22(19-36-26)20-37(16-14-33)30(38)40-31(3,4)5/h9-13,15,17-19H,6-8,14,16,20,33-34H2,1-5H3/b23-17+. The first-order valence-corrected chi connectivity index (χ1v) is 13.5. The van der Waals surface area contributed by atoms with Crippen LogP contribution in [-0.2, 0) is 11.3 Å². The van der Waals surface area contributed by atoms with E-state index in [0.29, 0.717) is 36.8 Å². The van der Waals surface area contributed by atoms with E-state index in [1.165, 1.54) is 12.1 Å². The molecular formula is C31H40FN5O3. The van der Waals surface area contributed by atoms with Crippen molar-refractivity contribution in [3.63, 3.8) is 0 Å². The maximum absolute atomic E-state index is 14.3. The molecule has 9 heteroatoms. The molecule has 214 valence electrons. The molecule has 0 bridgehead atoms. The number of allylic oxidation sites excluding steroid dienone is 1. The molecule has 0 aliphatic heterocycles. The highest BCUT2D eigenvalue weighted by molar-refractivity contribution is 5.80. The molecule has 2 aromatic heterocycles. The highest BCUT2D eigenvalue weighted by Gasteiger charge is 2.22. The van der Waals surface area contributed by atoms with E-state index in [-0.39, 0.29) is 5.75 Å². The van der Waals surface area contributed by atoms with Crippen molar-refractivity contribution in [1.82, 2.24) is 14.9 Å². The topological polar surface area (TPSA) is 117 Å². The van der Waals surface area contributed by atoms with Gasteiger partial charge in [0.15, 0.2) is 11.6 Å². The summed E-state index contributed by atoms with van der Waals surface area (Å²) < 4.78 is 25.7. The summed E-state index contributed by atoms with van der Waals surface area (Å²) in [5.41, 5.74) is 15.3. The van der Waals surface area contributed by atoms with Gasteiger partial charge in [-0.05, 0) is 82.0 Å². The normalized spacial score (nSPS) is 11.8. The van der Waals surface area contributed by atoms with Crippen LogP contribution >= 0.6 is 0 Å². The Morgan fingerprint density at radius 2 is 1.90 bits per heavy atom. The number of halogens is 1. The summed E-state index contributed by atoms with van der Waals surface area (Å²) in [5, 5.41) is 0. The highest BCUT2D eigenvalue weighted by atomic mass is 19.1. The van der Waals surface area contributed by atoms with Crippen molar-refractivity contribution < 1.29 is 18.7 Å². The summed E-state index contributed by atoms with van der Waals surface area (Å²) in [6, 6.07) is 9.95. The predicted molar refractivity (Wildman–Crippen MR) is 157 cm³/mol. The van der Waals surface area contributed by atoms with Crippen LogP contribution in [0.4, 0.5) is 14.9 Å². The number of amides is 1. The van der Waals surface area contributed by atoms with E-state index >= 15 is 0 Å². The number of aromatic nitrogens is 2. The van der Waals surface area contributed by atoms with Gasteiger partial charge in [0, 0.05) is 42.8 Å². The molecule has 40 heavy (non-hydrogen) atoms. The number of nitrogens with zero attached hydrogens (tertiary/aromatic N) is 3. The van der Waals surface area contributed by atoms with Crippen LogP contribution in [-0.4, -0.2) is 39.7 Å². The molecule has 0 atom stereocenters. The summed E-state index contributed by atoms with van der Waals surface area (Å²) in [7, 11) is 0. The zero-order valence-corrected chi connectivity index (χ0v) is 24.0. The minimum absolute atomic E-state index is 0.0944. The fraction of sp³-hybridized carbons (Fsp3) is 0.387. The summed E-state index contributed by atoms with van der Waals surface area (Å²) >= 11 is 0. The van der Waals surface area contributed by atoms with Crippen molar-refractivity contribution in [3.05, 3.63) is 77.1 Å². The Kier molecular flexibility index (Phi) is 10.6. The monoisotopic (exact) mass is 549 g/mol. The van der Waals surface area contributed by atoms with Crippen molar-refractivity contribution in [1.29, 1.82) is 0 Å². The first-order valence-electron chi connectivity index (χ1n) is 13.5. The van der Waals surface area contributed by atoms with Gasteiger partial charge in [0.2, 0.25) is 0 Å². The van der Waals surface area contributed by atoms with Gasteiger partial charge in [-0.15, -0.1) is 0 Å². The Morgan fingerprint density at radius 3 is 2.52 bits per heavy atom. The lowest BCUT2D eigenvalue weighted by molar-refractivity contribution is 0.0239. The zero-order valence-electron chi connectivity index (χ0n) is 24.0. The average molecular weight is 550 g/mol. The molecule has 0 fully saturated rings. The number of anilines is 1. The number of hydrogen-bond donors (Lipinski definition) is 2. The molecule has 0 unspecified atom stereocenters. The van der Waals surface area contributed by atoms with Crippen molar-refractivity contribution in [2.45, 2.75) is 66.0 Å². The van der Waals surface area contributed by atoms with Crippen LogP contribution in [0.2, 0.25) is 0 Å². The minimum atomic E-state index is -0.594. The van der Waals surface area contributed by atoms with Crippen LogP contribution in [0.3, 0.4) is 0 Å². The summed E-state index contributed by atoms with van der Waals surface area (Å²) in [4.78, 5) is 23.5. The van der Waals surface area contributed by atoms with Gasteiger partial charge >= 0.3 is 6.09 Å². The van der Waals surface area contributed by atoms with Gasteiger partial charge in [-0.1, -0.05) is 19.4 Å². The molecule has 0 aliphatic rings. The summed E-state index contributed by atoms with van der Waals surface area (Å²) in [6.45, 7) is 10.6. The number of nitrogens with two attached hydrogens (primary N) is 2. The van der Waals surface area contributed by atoms with Crippen LogP contribution in [0.5, 0.6) is 11.5 Å². The van der Waals surface area contributed by atoms with E-state index in [4.69, 9.17) is 25.9 Å². The first-order chi connectivity index (χ1) is 19.0. The van der Waals surface area contributed by atoms with E-state index in [1.807, 2.05) is 45.9 Å². The average Bonchev–Trinajstić information content (AvgIpc) is 2.89. The van der Waals surface area contributed by atoms with Gasteiger partial charge < -0.3 is 25.8 Å². The number of carbonyl (C=O) groups excluding carboxylic acids is 1. The third-order valence-electron chi connectivity index (χ3n) is 6.06. The Labute approximate surface area is 236 Å². The number of unbranched alkanes of at least 4 members (excludes halogenated alkanes) is 1. The number of nitrogen functional groups attached to an aromatic ring is 1. The van der Waals surface area contributed by atoms with Crippen LogP contribution < -0.4 is 16.2 Å². The van der Waals surface area contributed by atoms with Crippen LogP contribution in [0.15, 0.2) is 48.8 Å². The van der Waals surface area contributed by atoms with Crippen molar-refractivity contribution in [2.75, 3.05) is 18.8 Å². The minimum Gasteiger partial charge on any atom is -0.454 e. The molecule has 3 aromatic rings. The second-order valence-electron chi connectivity index (χ2n) is 10.6. The SMILES string of the molecule is CCCC/C(=C\c1nccc(Oc2ccc(N)cc2F)c1C)c1ccc(CN(CCN)C(=O)OC(C)(C)C)cn1. The van der Waals surface area contributed by atoms with Gasteiger partial charge in [-0.2, -0.15) is 0 Å². The quantitative estimate of drug-likeness (QED) is 0.255. The van der Waals surface area contributed by atoms with Gasteiger partial charge in [0.05, 0.1) is 17.9 Å². The predicted octanol–water partition coefficient (Wildman–Crippen LogP) is 6.73. The number of ether oxygens (including phenoxy) is 2. The number of hydrogen-bond acceptors (Lipinski definition) is 7. The number of benzene rings is 1. The first kappa shape index (κ1) is 30.6.